The van der Waals surface area contributed by atoms with E-state index >= 15 is 0 Å². The van der Waals surface area contributed by atoms with E-state index in [2.05, 4.69) is 0 Å². The molecule has 0 aromatic heterocycles. The van der Waals surface area contributed by atoms with Crippen LogP contribution in [-0.4, -0.2) is 30.9 Å². The molecule has 102 valence electrons. The number of carbonyl (C=O) groups excluding carboxylic acids is 2. The third-order valence-electron chi connectivity index (χ3n) is 3.96. The molecule has 2 aliphatic rings. The molecule has 1 saturated heterocycles. The van der Waals surface area contributed by atoms with Crippen molar-refractivity contribution < 1.29 is 23.8 Å². The SMILES string of the molecule is CCC(C)(C)C(=O)OCC1CC2CC1OC(=O)O2. The summed E-state index contributed by atoms with van der Waals surface area (Å²) in [4.78, 5) is 22.9. The molecule has 1 aliphatic heterocycles. The Kier molecular flexibility index (Phi) is 3.50. The predicted octanol–water partition coefficient (Wildman–Crippen LogP) is 2.28. The zero-order valence-corrected chi connectivity index (χ0v) is 11.1. The molecule has 1 heterocycles. The first kappa shape index (κ1) is 13.2. The van der Waals surface area contributed by atoms with Gasteiger partial charge < -0.3 is 14.2 Å². The van der Waals surface area contributed by atoms with E-state index in [9.17, 15) is 9.59 Å². The summed E-state index contributed by atoms with van der Waals surface area (Å²) in [7, 11) is 0. The topological polar surface area (TPSA) is 61.8 Å². The summed E-state index contributed by atoms with van der Waals surface area (Å²) in [6.45, 7) is 6.00. The largest absolute Gasteiger partial charge is 0.508 e. The number of esters is 1. The Morgan fingerprint density at radius 3 is 2.78 bits per heavy atom. The van der Waals surface area contributed by atoms with E-state index < -0.39 is 11.6 Å². The first-order valence-electron chi connectivity index (χ1n) is 6.47. The maximum absolute atomic E-state index is 11.8. The Bertz CT molecular complexity index is 349. The van der Waals surface area contributed by atoms with E-state index in [1.807, 2.05) is 20.8 Å². The molecular formula is C13H20O5. The van der Waals surface area contributed by atoms with Crippen molar-refractivity contribution in [3.8, 4) is 0 Å². The van der Waals surface area contributed by atoms with Crippen LogP contribution in [0.15, 0.2) is 0 Å². The van der Waals surface area contributed by atoms with Gasteiger partial charge in [0.05, 0.1) is 12.0 Å². The zero-order valence-electron chi connectivity index (χ0n) is 11.1. The van der Waals surface area contributed by atoms with Crippen LogP contribution in [0.5, 0.6) is 0 Å². The Balaban J connectivity index is 1.85. The van der Waals surface area contributed by atoms with Crippen LogP contribution in [0.4, 0.5) is 4.79 Å². The van der Waals surface area contributed by atoms with E-state index in [0.29, 0.717) is 13.0 Å². The minimum absolute atomic E-state index is 0.0676. The van der Waals surface area contributed by atoms with Crippen molar-refractivity contribution in [3.05, 3.63) is 0 Å². The molecule has 0 aromatic rings. The lowest BCUT2D eigenvalue weighted by Gasteiger charge is -2.24. The summed E-state index contributed by atoms with van der Waals surface area (Å²) < 4.78 is 15.4. The second-order valence-corrected chi connectivity index (χ2v) is 5.71. The molecule has 2 fully saturated rings. The van der Waals surface area contributed by atoms with Crippen LogP contribution in [0.1, 0.15) is 40.0 Å². The monoisotopic (exact) mass is 256 g/mol. The number of hydrogen-bond donors (Lipinski definition) is 0. The molecule has 0 amide bonds. The van der Waals surface area contributed by atoms with Gasteiger partial charge in [0.2, 0.25) is 0 Å². The summed E-state index contributed by atoms with van der Waals surface area (Å²) in [5.74, 6) is -0.128. The normalized spacial score (nSPS) is 30.6. The average Bonchev–Trinajstić information content (AvgIpc) is 2.61. The van der Waals surface area contributed by atoms with Crippen LogP contribution in [0.25, 0.3) is 0 Å². The van der Waals surface area contributed by atoms with Gasteiger partial charge in [-0.2, -0.15) is 0 Å². The van der Waals surface area contributed by atoms with Crippen LogP contribution < -0.4 is 0 Å². The third-order valence-corrected chi connectivity index (χ3v) is 3.96. The number of ether oxygens (including phenoxy) is 3. The Labute approximate surface area is 107 Å². The van der Waals surface area contributed by atoms with Gasteiger partial charge >= 0.3 is 12.1 Å². The lowest BCUT2D eigenvalue weighted by molar-refractivity contribution is -0.156. The lowest BCUT2D eigenvalue weighted by Crippen LogP contribution is -2.32. The fourth-order valence-corrected chi connectivity index (χ4v) is 2.26. The molecule has 1 aliphatic carbocycles. The van der Waals surface area contributed by atoms with Crippen LogP contribution in [0.2, 0.25) is 0 Å². The third kappa shape index (κ3) is 2.60. The van der Waals surface area contributed by atoms with E-state index in [4.69, 9.17) is 14.2 Å². The predicted molar refractivity (Wildman–Crippen MR) is 62.9 cm³/mol. The fourth-order valence-electron chi connectivity index (χ4n) is 2.26. The highest BCUT2D eigenvalue weighted by Gasteiger charge is 2.44. The van der Waals surface area contributed by atoms with Crippen molar-refractivity contribution in [2.75, 3.05) is 6.61 Å². The fraction of sp³-hybridized carbons (Fsp3) is 0.846. The Hall–Kier alpha value is -1.26. The average molecular weight is 256 g/mol. The van der Waals surface area contributed by atoms with Crippen molar-refractivity contribution in [3.63, 3.8) is 0 Å². The van der Waals surface area contributed by atoms with Gasteiger partial charge in [-0.05, 0) is 26.7 Å². The highest BCUT2D eigenvalue weighted by atomic mass is 16.7. The van der Waals surface area contributed by atoms with Gasteiger partial charge in [0.25, 0.3) is 0 Å². The molecule has 3 atom stereocenters. The van der Waals surface area contributed by atoms with Crippen molar-refractivity contribution in [2.45, 2.75) is 52.2 Å². The molecule has 0 aromatic carbocycles. The molecule has 0 spiro atoms. The molecule has 2 rings (SSSR count). The molecule has 1 saturated carbocycles. The van der Waals surface area contributed by atoms with Crippen molar-refractivity contribution in [1.82, 2.24) is 0 Å². The zero-order chi connectivity index (χ0) is 13.3. The standard InChI is InChI=1S/C13H20O5/c1-4-13(2,3)11(14)16-7-8-5-9-6-10(8)18-12(15)17-9/h8-10H,4-7H2,1-3H3. The van der Waals surface area contributed by atoms with E-state index in [1.165, 1.54) is 0 Å². The van der Waals surface area contributed by atoms with E-state index in [1.54, 1.807) is 0 Å². The quantitative estimate of drug-likeness (QED) is 0.722. The minimum Gasteiger partial charge on any atom is -0.465 e. The van der Waals surface area contributed by atoms with Crippen molar-refractivity contribution in [2.24, 2.45) is 11.3 Å². The molecule has 18 heavy (non-hydrogen) atoms. The molecule has 5 nitrogen and oxygen atoms in total. The van der Waals surface area contributed by atoms with Crippen molar-refractivity contribution in [1.29, 1.82) is 0 Å². The summed E-state index contributed by atoms with van der Waals surface area (Å²) in [5, 5.41) is 0. The molecular weight excluding hydrogens is 236 g/mol. The first-order chi connectivity index (χ1) is 8.42. The van der Waals surface area contributed by atoms with Gasteiger partial charge in [0.1, 0.15) is 12.2 Å². The van der Waals surface area contributed by atoms with Crippen LogP contribution >= 0.6 is 0 Å². The Morgan fingerprint density at radius 1 is 1.39 bits per heavy atom. The summed E-state index contributed by atoms with van der Waals surface area (Å²) in [6, 6.07) is 0. The van der Waals surface area contributed by atoms with Crippen LogP contribution in [0, 0.1) is 11.3 Å². The molecule has 2 bridgehead atoms. The molecule has 5 heteroatoms. The van der Waals surface area contributed by atoms with Gasteiger partial charge in [-0.3, -0.25) is 4.79 Å². The summed E-state index contributed by atoms with van der Waals surface area (Å²) >= 11 is 0. The van der Waals surface area contributed by atoms with Gasteiger partial charge in [-0.25, -0.2) is 4.79 Å². The summed E-state index contributed by atoms with van der Waals surface area (Å²) in [5.41, 5.74) is -0.457. The Morgan fingerprint density at radius 2 is 2.11 bits per heavy atom. The highest BCUT2D eigenvalue weighted by molar-refractivity contribution is 5.75. The maximum atomic E-state index is 11.8. The highest BCUT2D eigenvalue weighted by Crippen LogP contribution is 2.35. The second-order valence-electron chi connectivity index (χ2n) is 5.71. The second kappa shape index (κ2) is 4.78. The van der Waals surface area contributed by atoms with Gasteiger partial charge in [-0.15, -0.1) is 0 Å². The van der Waals surface area contributed by atoms with E-state index in [-0.39, 0.29) is 24.1 Å². The minimum atomic E-state index is -0.598. The molecule has 0 N–H and O–H groups in total. The number of fused-ring (bicyclic) bond motifs is 2. The van der Waals surface area contributed by atoms with Gasteiger partial charge in [0.15, 0.2) is 0 Å². The molecule has 3 unspecified atom stereocenters. The van der Waals surface area contributed by atoms with Gasteiger partial charge in [0, 0.05) is 12.3 Å². The van der Waals surface area contributed by atoms with Crippen molar-refractivity contribution >= 4 is 12.1 Å². The summed E-state index contributed by atoms with van der Waals surface area (Å²) in [6.07, 6.45) is 1.34. The first-order valence-corrected chi connectivity index (χ1v) is 6.47. The number of hydrogen-bond acceptors (Lipinski definition) is 5. The number of carbonyl (C=O) groups is 2. The lowest BCUT2D eigenvalue weighted by atomic mass is 9.90. The molecule has 0 radical (unpaired) electrons. The smallest absolute Gasteiger partial charge is 0.465 e. The van der Waals surface area contributed by atoms with Crippen LogP contribution in [-0.2, 0) is 19.0 Å². The number of rotatable bonds is 4. The maximum Gasteiger partial charge on any atom is 0.508 e. The van der Waals surface area contributed by atoms with Gasteiger partial charge in [-0.1, -0.05) is 6.92 Å². The van der Waals surface area contributed by atoms with Crippen LogP contribution in [0.3, 0.4) is 0 Å². The van der Waals surface area contributed by atoms with E-state index in [0.717, 1.165) is 12.8 Å².